The van der Waals surface area contributed by atoms with Gasteiger partial charge in [0.2, 0.25) is 0 Å². The maximum Gasteiger partial charge on any atom is 0.181 e. The SMILES string of the molecule is COc1ccc(OC(C)C#N)c(CNC2CC2)c1. The maximum absolute atomic E-state index is 8.80. The lowest BCUT2D eigenvalue weighted by Crippen LogP contribution is -2.17. The molecule has 1 aliphatic rings. The molecule has 1 saturated carbocycles. The van der Waals surface area contributed by atoms with Crippen molar-refractivity contribution in [3.05, 3.63) is 23.8 Å². The van der Waals surface area contributed by atoms with Crippen LogP contribution in [0.5, 0.6) is 11.5 Å². The number of hydrogen-bond acceptors (Lipinski definition) is 4. The van der Waals surface area contributed by atoms with E-state index >= 15 is 0 Å². The maximum atomic E-state index is 8.80. The smallest absolute Gasteiger partial charge is 0.181 e. The predicted octanol–water partition coefficient (Wildman–Crippen LogP) is 2.24. The fourth-order valence-corrected chi connectivity index (χ4v) is 1.69. The Labute approximate surface area is 108 Å². The molecule has 4 heteroatoms. The molecule has 2 rings (SSSR count). The highest BCUT2D eigenvalue weighted by molar-refractivity contribution is 5.40. The Morgan fingerprint density at radius 3 is 2.89 bits per heavy atom. The first-order valence-electron chi connectivity index (χ1n) is 6.19. The second-order valence-corrected chi connectivity index (χ2v) is 4.52. The predicted molar refractivity (Wildman–Crippen MR) is 68.6 cm³/mol. The third-order valence-corrected chi connectivity index (χ3v) is 2.91. The molecular weight excluding hydrogens is 228 g/mol. The number of ether oxygens (including phenoxy) is 2. The van der Waals surface area contributed by atoms with Crippen molar-refractivity contribution in [3.8, 4) is 17.6 Å². The lowest BCUT2D eigenvalue weighted by Gasteiger charge is -2.14. The van der Waals surface area contributed by atoms with E-state index in [4.69, 9.17) is 14.7 Å². The standard InChI is InChI=1S/C14H18N2O2/c1-10(8-15)18-14-6-5-13(17-2)7-11(14)9-16-12-3-4-12/h5-7,10,12,16H,3-4,9H2,1-2H3. The number of nitrogens with zero attached hydrogens (tertiary/aromatic N) is 1. The number of methoxy groups -OCH3 is 1. The first-order chi connectivity index (χ1) is 8.72. The van der Waals surface area contributed by atoms with Gasteiger partial charge in [-0.3, -0.25) is 0 Å². The highest BCUT2D eigenvalue weighted by atomic mass is 16.5. The minimum absolute atomic E-state index is 0.446. The Hall–Kier alpha value is -1.73. The van der Waals surface area contributed by atoms with Crippen molar-refractivity contribution in [2.45, 2.75) is 38.5 Å². The average molecular weight is 246 g/mol. The minimum Gasteiger partial charge on any atom is -0.497 e. The van der Waals surface area contributed by atoms with Gasteiger partial charge in [0.15, 0.2) is 6.10 Å². The summed E-state index contributed by atoms with van der Waals surface area (Å²) < 4.78 is 10.8. The van der Waals surface area contributed by atoms with Gasteiger partial charge in [-0.1, -0.05) is 0 Å². The molecule has 0 aromatic heterocycles. The molecule has 1 aliphatic carbocycles. The van der Waals surface area contributed by atoms with Gasteiger partial charge in [0.05, 0.1) is 7.11 Å². The van der Waals surface area contributed by atoms with Crippen LogP contribution in [0.1, 0.15) is 25.3 Å². The molecular formula is C14H18N2O2. The number of hydrogen-bond donors (Lipinski definition) is 1. The molecule has 1 fully saturated rings. The summed E-state index contributed by atoms with van der Waals surface area (Å²) in [5.74, 6) is 1.55. The third-order valence-electron chi connectivity index (χ3n) is 2.91. The number of benzene rings is 1. The van der Waals surface area contributed by atoms with Crippen LogP contribution < -0.4 is 14.8 Å². The van der Waals surface area contributed by atoms with Crippen LogP contribution in [0.2, 0.25) is 0 Å². The highest BCUT2D eigenvalue weighted by Crippen LogP contribution is 2.26. The van der Waals surface area contributed by atoms with Crippen LogP contribution in [0.15, 0.2) is 18.2 Å². The molecule has 1 atom stereocenters. The molecule has 0 radical (unpaired) electrons. The molecule has 18 heavy (non-hydrogen) atoms. The van der Waals surface area contributed by atoms with Crippen molar-refractivity contribution in [1.29, 1.82) is 5.26 Å². The summed E-state index contributed by atoms with van der Waals surface area (Å²) in [7, 11) is 1.64. The molecule has 0 heterocycles. The Morgan fingerprint density at radius 1 is 1.50 bits per heavy atom. The zero-order valence-electron chi connectivity index (χ0n) is 10.8. The topological polar surface area (TPSA) is 54.3 Å². The zero-order valence-corrected chi connectivity index (χ0v) is 10.8. The van der Waals surface area contributed by atoms with E-state index < -0.39 is 6.10 Å². The second kappa shape index (κ2) is 5.74. The van der Waals surface area contributed by atoms with E-state index in [0.717, 1.165) is 23.6 Å². The summed E-state index contributed by atoms with van der Waals surface area (Å²) in [5, 5.41) is 12.2. The van der Waals surface area contributed by atoms with Crippen LogP contribution in [0, 0.1) is 11.3 Å². The molecule has 1 unspecified atom stereocenters. The Morgan fingerprint density at radius 2 is 2.28 bits per heavy atom. The van der Waals surface area contributed by atoms with E-state index in [2.05, 4.69) is 11.4 Å². The molecule has 96 valence electrons. The van der Waals surface area contributed by atoms with E-state index in [1.807, 2.05) is 18.2 Å². The van der Waals surface area contributed by atoms with Gasteiger partial charge in [-0.25, -0.2) is 0 Å². The third kappa shape index (κ3) is 3.38. The minimum atomic E-state index is -0.446. The summed E-state index contributed by atoms with van der Waals surface area (Å²) >= 11 is 0. The Balaban J connectivity index is 2.11. The van der Waals surface area contributed by atoms with Crippen LogP contribution >= 0.6 is 0 Å². The van der Waals surface area contributed by atoms with Gasteiger partial charge in [-0.2, -0.15) is 5.26 Å². The highest BCUT2D eigenvalue weighted by Gasteiger charge is 2.21. The van der Waals surface area contributed by atoms with Gasteiger partial charge < -0.3 is 14.8 Å². The molecule has 0 saturated heterocycles. The molecule has 1 aromatic carbocycles. The Kier molecular flexibility index (Phi) is 4.06. The van der Waals surface area contributed by atoms with Crippen molar-refractivity contribution in [2.75, 3.05) is 7.11 Å². The van der Waals surface area contributed by atoms with Crippen LogP contribution in [0.25, 0.3) is 0 Å². The molecule has 1 aromatic rings. The first-order valence-corrected chi connectivity index (χ1v) is 6.19. The largest absolute Gasteiger partial charge is 0.497 e. The normalized spacial score (nSPS) is 15.8. The van der Waals surface area contributed by atoms with Gasteiger partial charge in [-0.15, -0.1) is 0 Å². The van der Waals surface area contributed by atoms with Gasteiger partial charge in [0.25, 0.3) is 0 Å². The van der Waals surface area contributed by atoms with Gasteiger partial charge >= 0.3 is 0 Å². The average Bonchev–Trinajstić information content (AvgIpc) is 3.21. The quantitative estimate of drug-likeness (QED) is 0.836. The number of rotatable bonds is 6. The second-order valence-electron chi connectivity index (χ2n) is 4.52. The van der Waals surface area contributed by atoms with E-state index in [1.54, 1.807) is 14.0 Å². The van der Waals surface area contributed by atoms with Crippen molar-refractivity contribution in [3.63, 3.8) is 0 Å². The summed E-state index contributed by atoms with van der Waals surface area (Å²) in [6, 6.07) is 8.37. The Bertz CT molecular complexity index is 450. The van der Waals surface area contributed by atoms with E-state index in [1.165, 1.54) is 12.8 Å². The van der Waals surface area contributed by atoms with Crippen LogP contribution in [-0.4, -0.2) is 19.3 Å². The number of nitrogens with one attached hydrogen (secondary N) is 1. The lowest BCUT2D eigenvalue weighted by molar-refractivity contribution is 0.272. The summed E-state index contributed by atoms with van der Waals surface area (Å²) in [5.41, 5.74) is 1.03. The zero-order chi connectivity index (χ0) is 13.0. The van der Waals surface area contributed by atoms with E-state index in [-0.39, 0.29) is 0 Å². The van der Waals surface area contributed by atoms with E-state index in [0.29, 0.717) is 6.04 Å². The lowest BCUT2D eigenvalue weighted by atomic mass is 10.2. The van der Waals surface area contributed by atoms with Crippen LogP contribution in [0.3, 0.4) is 0 Å². The monoisotopic (exact) mass is 246 g/mol. The molecule has 4 nitrogen and oxygen atoms in total. The number of nitriles is 1. The summed E-state index contributed by atoms with van der Waals surface area (Å²) in [6.45, 7) is 2.48. The van der Waals surface area contributed by atoms with E-state index in [9.17, 15) is 0 Å². The van der Waals surface area contributed by atoms with Crippen molar-refractivity contribution >= 4 is 0 Å². The molecule has 0 amide bonds. The molecule has 0 spiro atoms. The summed E-state index contributed by atoms with van der Waals surface area (Å²) in [6.07, 6.45) is 2.04. The van der Waals surface area contributed by atoms with Crippen LogP contribution in [-0.2, 0) is 6.54 Å². The van der Waals surface area contributed by atoms with Gasteiger partial charge in [0.1, 0.15) is 17.6 Å². The van der Waals surface area contributed by atoms with Crippen molar-refractivity contribution in [1.82, 2.24) is 5.32 Å². The van der Waals surface area contributed by atoms with Crippen molar-refractivity contribution < 1.29 is 9.47 Å². The molecule has 1 N–H and O–H groups in total. The fourth-order valence-electron chi connectivity index (χ4n) is 1.69. The molecule has 0 bridgehead atoms. The van der Waals surface area contributed by atoms with Gasteiger partial charge in [-0.05, 0) is 38.0 Å². The van der Waals surface area contributed by atoms with Crippen molar-refractivity contribution in [2.24, 2.45) is 0 Å². The first kappa shape index (κ1) is 12.7. The fraction of sp³-hybridized carbons (Fsp3) is 0.500. The van der Waals surface area contributed by atoms with Crippen LogP contribution in [0.4, 0.5) is 0 Å². The van der Waals surface area contributed by atoms with Gasteiger partial charge in [0, 0.05) is 18.2 Å². The summed E-state index contributed by atoms with van der Waals surface area (Å²) in [4.78, 5) is 0. The molecule has 0 aliphatic heterocycles.